The summed E-state index contributed by atoms with van der Waals surface area (Å²) in [6, 6.07) is 0.273. The van der Waals surface area contributed by atoms with Gasteiger partial charge in [-0.3, -0.25) is 9.09 Å². The molecule has 15 nitrogen and oxygen atoms in total. The molecular formula is C15H23FN6O9P2. The molecule has 5 atom stereocenters. The van der Waals surface area contributed by atoms with Gasteiger partial charge < -0.3 is 35.2 Å². The van der Waals surface area contributed by atoms with Crippen molar-refractivity contribution in [2.24, 2.45) is 0 Å². The normalized spacial score (nSPS) is 30.0. The van der Waals surface area contributed by atoms with E-state index in [9.17, 15) is 19.1 Å². The Morgan fingerprint density at radius 3 is 2.64 bits per heavy atom. The smallest absolute Gasteiger partial charge is 0.387 e. The lowest BCUT2D eigenvalue weighted by molar-refractivity contribution is -0.0560. The number of hydrogen-bond acceptors (Lipinski definition) is 11. The molecule has 1 aliphatic heterocycles. The number of alkyl halides is 1. The summed E-state index contributed by atoms with van der Waals surface area (Å²) in [5.41, 5.74) is 3.88. The molecule has 6 N–H and O–H groups in total. The largest absolute Gasteiger partial charge is 0.481 e. The molecule has 1 saturated heterocycles. The zero-order valence-electron chi connectivity index (χ0n) is 17.4. The number of nitrogen functional groups attached to an aromatic ring is 1. The number of anilines is 2. The number of halogens is 1. The van der Waals surface area contributed by atoms with Crippen molar-refractivity contribution in [2.45, 2.75) is 49.9 Å². The zero-order chi connectivity index (χ0) is 24.3. The standard InChI is InChI=1S/C15H23FN6O9P2/c1-15(16)10(23)8(5-29-33(27,28)31-32(24,25)26)30-13(15)22-6-18-9-11(21(2)7-3-4-7)19-14(17)20-12(9)22/h6-8,10,13,23H,3-5H2,1-2H3,(H,27,28)(H2,17,19,20)(H2,24,25,26)/t8-,10-,13-,15-/m1/s1. The molecule has 2 aromatic heterocycles. The Labute approximate surface area is 186 Å². The summed E-state index contributed by atoms with van der Waals surface area (Å²) in [5.74, 6) is 0.370. The van der Waals surface area contributed by atoms with Crippen LogP contribution in [0.4, 0.5) is 16.2 Å². The zero-order valence-corrected chi connectivity index (χ0v) is 19.2. The number of nitrogens with zero attached hydrogens (tertiary/aromatic N) is 5. The molecule has 0 amide bonds. The first-order valence-electron chi connectivity index (χ1n) is 9.69. The maximum Gasteiger partial charge on any atom is 0.481 e. The number of phosphoric acid groups is 2. The summed E-state index contributed by atoms with van der Waals surface area (Å²) in [7, 11) is -8.74. The Hall–Kier alpha value is -1.74. The number of aromatic nitrogens is 4. The van der Waals surface area contributed by atoms with Crippen LogP contribution in [-0.4, -0.2) is 76.9 Å². The van der Waals surface area contributed by atoms with Gasteiger partial charge in [-0.25, -0.2) is 18.5 Å². The predicted molar refractivity (Wildman–Crippen MR) is 109 cm³/mol. The van der Waals surface area contributed by atoms with Crippen molar-refractivity contribution in [3.8, 4) is 0 Å². The van der Waals surface area contributed by atoms with E-state index < -0.39 is 46.4 Å². The molecule has 33 heavy (non-hydrogen) atoms. The minimum Gasteiger partial charge on any atom is -0.387 e. The molecule has 0 radical (unpaired) electrons. The molecule has 4 rings (SSSR count). The van der Waals surface area contributed by atoms with Crippen LogP contribution in [0.5, 0.6) is 0 Å². The van der Waals surface area contributed by atoms with E-state index in [0.717, 1.165) is 19.8 Å². The highest BCUT2D eigenvalue weighted by atomic mass is 31.3. The molecule has 2 aliphatic rings. The van der Waals surface area contributed by atoms with Crippen LogP contribution in [0.15, 0.2) is 6.33 Å². The van der Waals surface area contributed by atoms with E-state index >= 15 is 4.39 Å². The van der Waals surface area contributed by atoms with Crippen molar-refractivity contribution in [1.82, 2.24) is 19.5 Å². The molecule has 0 bridgehead atoms. The minimum atomic E-state index is -5.35. The SMILES string of the molecule is CN(c1nc(N)nc2c1ncn2[C@@H]1O[C@H](COP(=O)(O)OP(=O)(O)O)[C@@H](O)[C@@]1(C)F)C1CC1. The van der Waals surface area contributed by atoms with E-state index in [-0.39, 0.29) is 17.6 Å². The highest BCUT2D eigenvalue weighted by Gasteiger charge is 2.56. The van der Waals surface area contributed by atoms with Gasteiger partial charge in [-0.2, -0.15) is 14.3 Å². The van der Waals surface area contributed by atoms with Crippen LogP contribution >= 0.6 is 15.6 Å². The second kappa shape index (κ2) is 8.18. The summed E-state index contributed by atoms with van der Waals surface area (Å²) in [6.45, 7) is 0.130. The van der Waals surface area contributed by atoms with Crippen molar-refractivity contribution in [3.63, 3.8) is 0 Å². The number of hydrogen-bond donors (Lipinski definition) is 5. The minimum absolute atomic E-state index is 0.0819. The molecule has 18 heteroatoms. The van der Waals surface area contributed by atoms with Crippen LogP contribution < -0.4 is 10.6 Å². The molecule has 1 unspecified atom stereocenters. The highest BCUT2D eigenvalue weighted by molar-refractivity contribution is 7.60. The molecule has 3 heterocycles. The third-order valence-corrected chi connectivity index (χ3v) is 7.58. The van der Waals surface area contributed by atoms with Gasteiger partial charge >= 0.3 is 15.6 Å². The Balaban J connectivity index is 1.60. The first-order valence-corrected chi connectivity index (χ1v) is 12.7. The van der Waals surface area contributed by atoms with E-state index in [1.54, 1.807) is 0 Å². The summed E-state index contributed by atoms with van der Waals surface area (Å²) in [5, 5.41) is 10.4. The summed E-state index contributed by atoms with van der Waals surface area (Å²) >= 11 is 0. The Morgan fingerprint density at radius 1 is 1.36 bits per heavy atom. The van der Waals surface area contributed by atoms with Gasteiger partial charge in [-0.05, 0) is 19.8 Å². The van der Waals surface area contributed by atoms with Gasteiger partial charge in [0.15, 0.2) is 28.9 Å². The number of nitrogens with two attached hydrogens (primary N) is 1. The molecule has 1 saturated carbocycles. The molecular weight excluding hydrogens is 489 g/mol. The Morgan fingerprint density at radius 2 is 2.03 bits per heavy atom. The molecule has 0 spiro atoms. The first-order chi connectivity index (χ1) is 15.2. The van der Waals surface area contributed by atoms with E-state index in [2.05, 4.69) is 23.8 Å². The van der Waals surface area contributed by atoms with E-state index in [1.165, 1.54) is 10.9 Å². The summed E-state index contributed by atoms with van der Waals surface area (Å²) in [6.07, 6.45) is -1.66. The number of ether oxygens (including phenoxy) is 1. The molecule has 2 fully saturated rings. The van der Waals surface area contributed by atoms with Gasteiger partial charge in [-0.15, -0.1) is 0 Å². The monoisotopic (exact) mass is 512 g/mol. The van der Waals surface area contributed by atoms with E-state index in [0.29, 0.717) is 11.3 Å². The highest BCUT2D eigenvalue weighted by Crippen LogP contribution is 2.58. The van der Waals surface area contributed by atoms with Gasteiger partial charge in [0.05, 0.1) is 12.9 Å². The number of phosphoric ester groups is 1. The van der Waals surface area contributed by atoms with Crippen LogP contribution in [0.3, 0.4) is 0 Å². The topological polar surface area (TPSA) is 216 Å². The fourth-order valence-electron chi connectivity index (χ4n) is 3.65. The van der Waals surface area contributed by atoms with Gasteiger partial charge in [0, 0.05) is 13.1 Å². The van der Waals surface area contributed by atoms with Crippen LogP contribution in [-0.2, 0) is 22.7 Å². The van der Waals surface area contributed by atoms with Gasteiger partial charge in [0.1, 0.15) is 12.2 Å². The number of fused-ring (bicyclic) bond motifs is 1. The lowest BCUT2D eigenvalue weighted by Crippen LogP contribution is -2.40. The van der Waals surface area contributed by atoms with Crippen LogP contribution in [0.25, 0.3) is 11.2 Å². The van der Waals surface area contributed by atoms with Crippen molar-refractivity contribution in [1.29, 1.82) is 0 Å². The molecule has 184 valence electrons. The Bertz CT molecular complexity index is 1150. The van der Waals surface area contributed by atoms with Gasteiger partial charge in [0.2, 0.25) is 5.95 Å². The van der Waals surface area contributed by atoms with Gasteiger partial charge in [-0.1, -0.05) is 0 Å². The van der Waals surface area contributed by atoms with Crippen molar-refractivity contribution >= 4 is 38.6 Å². The number of rotatable bonds is 8. The fraction of sp³-hybridized carbons (Fsp3) is 0.667. The van der Waals surface area contributed by atoms with Gasteiger partial charge in [0.25, 0.3) is 0 Å². The van der Waals surface area contributed by atoms with Crippen molar-refractivity contribution < 1.29 is 46.9 Å². The predicted octanol–water partition coefficient (Wildman–Crippen LogP) is 0.220. The van der Waals surface area contributed by atoms with Crippen molar-refractivity contribution in [2.75, 3.05) is 24.3 Å². The molecule has 2 aromatic rings. The van der Waals surface area contributed by atoms with Crippen LogP contribution in [0.1, 0.15) is 26.0 Å². The molecule has 0 aromatic carbocycles. The summed E-state index contributed by atoms with van der Waals surface area (Å²) < 4.78 is 52.9. The second-order valence-corrected chi connectivity index (χ2v) is 10.9. The number of imidazole rings is 1. The van der Waals surface area contributed by atoms with Crippen molar-refractivity contribution in [3.05, 3.63) is 6.33 Å². The average Bonchev–Trinajstić information content (AvgIpc) is 3.40. The fourth-order valence-corrected chi connectivity index (χ4v) is 5.25. The lowest BCUT2D eigenvalue weighted by atomic mass is 9.98. The average molecular weight is 512 g/mol. The van der Waals surface area contributed by atoms with Crippen LogP contribution in [0, 0.1) is 0 Å². The lowest BCUT2D eigenvalue weighted by Gasteiger charge is -2.25. The third kappa shape index (κ3) is 4.90. The maximum absolute atomic E-state index is 15.5. The maximum atomic E-state index is 15.5. The third-order valence-electron chi connectivity index (χ3n) is 5.43. The van der Waals surface area contributed by atoms with Crippen LogP contribution in [0.2, 0.25) is 0 Å². The quantitative estimate of drug-likeness (QED) is 0.299. The second-order valence-electron chi connectivity index (χ2n) is 8.03. The Kier molecular flexibility index (Phi) is 6.05. The summed E-state index contributed by atoms with van der Waals surface area (Å²) in [4.78, 5) is 41.3. The first kappa shape index (κ1) is 24.4. The van der Waals surface area contributed by atoms with E-state index in [4.69, 9.17) is 20.3 Å². The number of aliphatic hydroxyl groups is 1. The number of aliphatic hydroxyl groups excluding tert-OH is 1. The molecule has 1 aliphatic carbocycles. The van der Waals surface area contributed by atoms with E-state index in [1.807, 2.05) is 11.9 Å².